The number of halogens is 2. The van der Waals surface area contributed by atoms with Crippen LogP contribution in [0.4, 0.5) is 4.39 Å². The van der Waals surface area contributed by atoms with Crippen LogP contribution >= 0.6 is 15.9 Å². The average Bonchev–Trinajstić information content (AvgIpc) is 2.39. The summed E-state index contributed by atoms with van der Waals surface area (Å²) in [5, 5.41) is 8.90. The van der Waals surface area contributed by atoms with E-state index in [9.17, 15) is 9.18 Å². The normalized spacial score (nSPS) is 10.2. The lowest BCUT2D eigenvalue weighted by Crippen LogP contribution is -2.01. The fourth-order valence-electron chi connectivity index (χ4n) is 1.52. The number of carboxylic acids is 1. The minimum Gasteiger partial charge on any atom is -0.488 e. The van der Waals surface area contributed by atoms with Gasteiger partial charge in [-0.25, -0.2) is 9.18 Å². The molecule has 2 aromatic rings. The fraction of sp³-hybridized carbons (Fsp3) is 0.0714. The van der Waals surface area contributed by atoms with Crippen LogP contribution < -0.4 is 4.74 Å². The van der Waals surface area contributed by atoms with Gasteiger partial charge in [0.05, 0.1) is 10.0 Å². The van der Waals surface area contributed by atoms with Crippen molar-refractivity contribution in [2.75, 3.05) is 0 Å². The van der Waals surface area contributed by atoms with Crippen molar-refractivity contribution in [3.8, 4) is 5.75 Å². The van der Waals surface area contributed by atoms with Gasteiger partial charge >= 0.3 is 5.97 Å². The highest BCUT2D eigenvalue weighted by molar-refractivity contribution is 9.10. The summed E-state index contributed by atoms with van der Waals surface area (Å²) in [7, 11) is 0. The van der Waals surface area contributed by atoms with E-state index < -0.39 is 5.97 Å². The summed E-state index contributed by atoms with van der Waals surface area (Å²) >= 11 is 3.26. The molecule has 0 amide bonds. The van der Waals surface area contributed by atoms with Crippen LogP contribution in [0.1, 0.15) is 15.9 Å². The molecule has 0 aliphatic heterocycles. The minimum atomic E-state index is -1.04. The second kappa shape index (κ2) is 5.84. The molecule has 0 atom stereocenters. The monoisotopic (exact) mass is 324 g/mol. The summed E-state index contributed by atoms with van der Waals surface area (Å²) in [5.74, 6) is -1.03. The van der Waals surface area contributed by atoms with Gasteiger partial charge in [-0.15, -0.1) is 0 Å². The first-order valence-electron chi connectivity index (χ1n) is 5.47. The second-order valence-corrected chi connectivity index (χ2v) is 4.68. The number of benzene rings is 2. The highest BCUT2D eigenvalue weighted by Crippen LogP contribution is 2.27. The van der Waals surface area contributed by atoms with E-state index in [1.807, 2.05) is 0 Å². The van der Waals surface area contributed by atoms with Gasteiger partial charge in [0, 0.05) is 5.56 Å². The predicted molar refractivity (Wildman–Crippen MR) is 71.8 cm³/mol. The van der Waals surface area contributed by atoms with Crippen LogP contribution in [0.25, 0.3) is 0 Å². The third-order valence-corrected chi connectivity index (χ3v) is 3.17. The van der Waals surface area contributed by atoms with Crippen molar-refractivity contribution >= 4 is 21.9 Å². The Labute approximate surface area is 117 Å². The topological polar surface area (TPSA) is 46.5 Å². The van der Waals surface area contributed by atoms with Gasteiger partial charge < -0.3 is 9.84 Å². The summed E-state index contributed by atoms with van der Waals surface area (Å²) in [6.07, 6.45) is 0. The molecule has 0 aliphatic carbocycles. The van der Waals surface area contributed by atoms with Crippen molar-refractivity contribution in [1.29, 1.82) is 0 Å². The van der Waals surface area contributed by atoms with E-state index in [1.165, 1.54) is 18.2 Å². The van der Waals surface area contributed by atoms with Crippen LogP contribution in [0.3, 0.4) is 0 Å². The molecule has 0 saturated carbocycles. The third-order valence-electron chi connectivity index (χ3n) is 2.52. The second-order valence-electron chi connectivity index (χ2n) is 3.83. The van der Waals surface area contributed by atoms with Crippen LogP contribution in [0, 0.1) is 5.82 Å². The van der Waals surface area contributed by atoms with E-state index in [2.05, 4.69) is 15.9 Å². The van der Waals surface area contributed by atoms with E-state index in [1.54, 1.807) is 24.3 Å². The molecular formula is C14H10BrFO3. The Morgan fingerprint density at radius 2 is 2.00 bits per heavy atom. The minimum absolute atomic E-state index is 0.0361. The van der Waals surface area contributed by atoms with Gasteiger partial charge in [0.1, 0.15) is 18.2 Å². The van der Waals surface area contributed by atoms with Gasteiger partial charge in [-0.3, -0.25) is 0 Å². The summed E-state index contributed by atoms with van der Waals surface area (Å²) in [6, 6.07) is 10.7. The number of ether oxygens (including phenoxy) is 1. The number of hydrogen-bond donors (Lipinski definition) is 1. The molecule has 0 bridgehead atoms. The lowest BCUT2D eigenvalue weighted by Gasteiger charge is -2.09. The molecule has 3 nitrogen and oxygen atoms in total. The Morgan fingerprint density at radius 1 is 1.26 bits per heavy atom. The summed E-state index contributed by atoms with van der Waals surface area (Å²) in [6.45, 7) is 0.0361. The number of hydrogen-bond acceptors (Lipinski definition) is 2. The Kier molecular flexibility index (Phi) is 4.16. The lowest BCUT2D eigenvalue weighted by atomic mass is 10.2. The van der Waals surface area contributed by atoms with Crippen molar-refractivity contribution in [3.63, 3.8) is 0 Å². The maximum Gasteiger partial charge on any atom is 0.335 e. The zero-order valence-electron chi connectivity index (χ0n) is 9.77. The first kappa shape index (κ1) is 13.5. The Hall–Kier alpha value is -1.88. The molecule has 0 aliphatic rings. The molecule has 2 rings (SSSR count). The number of aromatic carboxylic acids is 1. The van der Waals surface area contributed by atoms with Crippen LogP contribution in [0.2, 0.25) is 0 Å². The maximum absolute atomic E-state index is 13.4. The molecule has 5 heteroatoms. The first-order chi connectivity index (χ1) is 9.08. The van der Waals surface area contributed by atoms with E-state index in [0.29, 0.717) is 15.8 Å². The Balaban J connectivity index is 2.17. The summed E-state index contributed by atoms with van der Waals surface area (Å²) in [4.78, 5) is 10.9. The van der Waals surface area contributed by atoms with Crippen molar-refractivity contribution in [2.45, 2.75) is 6.61 Å². The summed E-state index contributed by atoms with van der Waals surface area (Å²) in [5.41, 5.74) is 0.530. The molecule has 0 heterocycles. The number of rotatable bonds is 4. The Bertz CT molecular complexity index is 613. The molecule has 0 fully saturated rings. The molecule has 1 N–H and O–H groups in total. The van der Waals surface area contributed by atoms with Crippen LogP contribution in [-0.4, -0.2) is 11.1 Å². The number of carbonyl (C=O) groups is 1. The van der Waals surface area contributed by atoms with Crippen LogP contribution in [0.15, 0.2) is 46.9 Å². The Morgan fingerprint density at radius 3 is 2.68 bits per heavy atom. The van der Waals surface area contributed by atoms with Crippen LogP contribution in [0.5, 0.6) is 5.75 Å². The molecule has 0 spiro atoms. The summed E-state index contributed by atoms with van der Waals surface area (Å²) < 4.78 is 19.5. The van der Waals surface area contributed by atoms with Gasteiger partial charge in [0.2, 0.25) is 0 Å². The molecule has 2 aromatic carbocycles. The first-order valence-corrected chi connectivity index (χ1v) is 6.26. The number of carboxylic acid groups (broad SMARTS) is 1. The zero-order valence-corrected chi connectivity index (χ0v) is 11.4. The van der Waals surface area contributed by atoms with E-state index >= 15 is 0 Å². The van der Waals surface area contributed by atoms with Gasteiger partial charge in [0.25, 0.3) is 0 Å². The molecule has 0 saturated heterocycles. The smallest absolute Gasteiger partial charge is 0.335 e. The van der Waals surface area contributed by atoms with E-state index in [4.69, 9.17) is 9.84 Å². The molecular weight excluding hydrogens is 315 g/mol. The van der Waals surface area contributed by atoms with Crippen molar-refractivity contribution < 1.29 is 19.0 Å². The largest absolute Gasteiger partial charge is 0.488 e. The van der Waals surface area contributed by atoms with Gasteiger partial charge in [-0.2, -0.15) is 0 Å². The maximum atomic E-state index is 13.4. The highest BCUT2D eigenvalue weighted by atomic mass is 79.9. The van der Waals surface area contributed by atoms with Gasteiger partial charge in [-0.05, 0) is 40.2 Å². The molecule has 0 unspecified atom stereocenters. The quantitative estimate of drug-likeness (QED) is 0.928. The molecule has 0 radical (unpaired) electrons. The third kappa shape index (κ3) is 3.32. The zero-order chi connectivity index (χ0) is 13.8. The molecule has 19 heavy (non-hydrogen) atoms. The SMILES string of the molecule is O=C(O)c1ccc(Br)c(OCc2ccccc2F)c1. The van der Waals surface area contributed by atoms with Crippen molar-refractivity contribution in [2.24, 2.45) is 0 Å². The lowest BCUT2D eigenvalue weighted by molar-refractivity contribution is 0.0696. The van der Waals surface area contributed by atoms with Gasteiger partial charge in [-0.1, -0.05) is 18.2 Å². The van der Waals surface area contributed by atoms with Crippen LogP contribution in [-0.2, 0) is 6.61 Å². The predicted octanol–water partition coefficient (Wildman–Crippen LogP) is 3.87. The molecule has 98 valence electrons. The van der Waals surface area contributed by atoms with E-state index in [-0.39, 0.29) is 18.0 Å². The van der Waals surface area contributed by atoms with Gasteiger partial charge in [0.15, 0.2) is 0 Å². The van der Waals surface area contributed by atoms with E-state index in [0.717, 1.165) is 0 Å². The fourth-order valence-corrected chi connectivity index (χ4v) is 1.88. The van der Waals surface area contributed by atoms with Crippen molar-refractivity contribution in [1.82, 2.24) is 0 Å². The average molecular weight is 325 g/mol. The standard InChI is InChI=1S/C14H10BrFO3/c15-11-6-5-9(14(17)18)7-13(11)19-8-10-3-1-2-4-12(10)16/h1-7H,8H2,(H,17,18). The molecule has 0 aromatic heterocycles. The highest BCUT2D eigenvalue weighted by Gasteiger charge is 2.09. The van der Waals surface area contributed by atoms with Crippen molar-refractivity contribution in [3.05, 3.63) is 63.9 Å².